The van der Waals surface area contributed by atoms with E-state index in [-0.39, 0.29) is 0 Å². The van der Waals surface area contributed by atoms with Gasteiger partial charge in [-0.25, -0.2) is 0 Å². The van der Waals surface area contributed by atoms with Gasteiger partial charge >= 0.3 is 0 Å². The maximum absolute atomic E-state index is 2.48. The third-order valence-corrected chi connectivity index (χ3v) is 6.64. The van der Waals surface area contributed by atoms with E-state index in [1.165, 1.54) is 135 Å². The molecule has 2 unspecified atom stereocenters. The molecule has 0 spiro atoms. The fourth-order valence-corrected chi connectivity index (χ4v) is 4.20. The molecule has 0 radical (unpaired) electrons. The van der Waals surface area contributed by atoms with Gasteiger partial charge in [0.2, 0.25) is 0 Å². The fraction of sp³-hybridized carbons (Fsp3) is 1.00. The van der Waals surface area contributed by atoms with Gasteiger partial charge in [0.25, 0.3) is 0 Å². The van der Waals surface area contributed by atoms with Crippen molar-refractivity contribution in [3.05, 3.63) is 0 Å². The third-order valence-electron chi connectivity index (χ3n) is 6.64. The molecular formula is C27H56. The molecule has 0 nitrogen and oxygen atoms in total. The quantitative estimate of drug-likeness (QED) is 0.164. The molecule has 164 valence electrons. The molecule has 0 heteroatoms. The van der Waals surface area contributed by atoms with E-state index in [1.807, 2.05) is 0 Å². The van der Waals surface area contributed by atoms with Crippen molar-refractivity contribution in [1.82, 2.24) is 0 Å². The highest BCUT2D eigenvalue weighted by Crippen LogP contribution is 2.19. The van der Waals surface area contributed by atoms with Crippen LogP contribution < -0.4 is 0 Å². The minimum Gasteiger partial charge on any atom is -0.0654 e. The monoisotopic (exact) mass is 380 g/mol. The van der Waals surface area contributed by atoms with Gasteiger partial charge in [0.15, 0.2) is 0 Å². The summed E-state index contributed by atoms with van der Waals surface area (Å²) in [5, 5.41) is 0. The van der Waals surface area contributed by atoms with Gasteiger partial charge in [-0.15, -0.1) is 0 Å². The van der Waals surface area contributed by atoms with E-state index >= 15 is 0 Å². The van der Waals surface area contributed by atoms with E-state index in [1.54, 1.807) is 0 Å². The average molecular weight is 381 g/mol. The zero-order valence-corrected chi connectivity index (χ0v) is 20.0. The minimum absolute atomic E-state index is 0.948. The van der Waals surface area contributed by atoms with Crippen LogP contribution in [0, 0.1) is 11.8 Å². The number of hydrogen-bond donors (Lipinski definition) is 0. The SMILES string of the molecule is CCCCCCCC(C)CCCCCCCCCCCCCCC(C)CC. The summed E-state index contributed by atoms with van der Waals surface area (Å²) < 4.78 is 0. The molecule has 0 aliphatic rings. The molecule has 0 N–H and O–H groups in total. The Balaban J connectivity index is 3.12. The summed E-state index contributed by atoms with van der Waals surface area (Å²) in [7, 11) is 0. The van der Waals surface area contributed by atoms with Crippen molar-refractivity contribution in [1.29, 1.82) is 0 Å². The lowest BCUT2D eigenvalue weighted by molar-refractivity contribution is 0.431. The summed E-state index contributed by atoms with van der Waals surface area (Å²) in [6.07, 6.45) is 30.7. The Labute approximate surface area is 174 Å². The molecule has 0 heterocycles. The van der Waals surface area contributed by atoms with Crippen LogP contribution in [0.4, 0.5) is 0 Å². The first-order valence-electron chi connectivity index (χ1n) is 13.2. The largest absolute Gasteiger partial charge is 0.0654 e. The van der Waals surface area contributed by atoms with Gasteiger partial charge in [-0.2, -0.15) is 0 Å². The molecular weight excluding hydrogens is 324 g/mol. The Kier molecular flexibility index (Phi) is 22.3. The Bertz CT molecular complexity index is 257. The first-order valence-corrected chi connectivity index (χ1v) is 13.2. The molecule has 0 fully saturated rings. The van der Waals surface area contributed by atoms with Gasteiger partial charge in [-0.1, -0.05) is 163 Å². The summed E-state index contributed by atoms with van der Waals surface area (Å²) >= 11 is 0. The van der Waals surface area contributed by atoms with Crippen LogP contribution in [0.3, 0.4) is 0 Å². The Morgan fingerprint density at radius 3 is 1.00 bits per heavy atom. The van der Waals surface area contributed by atoms with E-state index in [9.17, 15) is 0 Å². The van der Waals surface area contributed by atoms with Crippen LogP contribution >= 0.6 is 0 Å². The van der Waals surface area contributed by atoms with Crippen LogP contribution in [0.25, 0.3) is 0 Å². The first-order chi connectivity index (χ1) is 13.2. The second kappa shape index (κ2) is 22.3. The second-order valence-electron chi connectivity index (χ2n) is 9.64. The normalized spacial score (nSPS) is 13.8. The fourth-order valence-electron chi connectivity index (χ4n) is 4.20. The molecule has 0 aliphatic carbocycles. The highest BCUT2D eigenvalue weighted by atomic mass is 14.1. The van der Waals surface area contributed by atoms with Crippen molar-refractivity contribution >= 4 is 0 Å². The standard InChI is InChI=1S/C27H56/c1-5-7-8-17-21-24-27(4)25-22-19-16-14-12-10-9-11-13-15-18-20-23-26(3)6-2/h26-27H,5-25H2,1-4H3. The van der Waals surface area contributed by atoms with Crippen LogP contribution in [-0.2, 0) is 0 Å². The highest BCUT2D eigenvalue weighted by molar-refractivity contribution is 4.56. The smallest absolute Gasteiger partial charge is 0.0443 e. The molecule has 0 bridgehead atoms. The summed E-state index contributed by atoms with van der Waals surface area (Å²) in [4.78, 5) is 0. The van der Waals surface area contributed by atoms with Crippen molar-refractivity contribution in [2.75, 3.05) is 0 Å². The lowest BCUT2D eigenvalue weighted by Gasteiger charge is -2.11. The Hall–Kier alpha value is 0. The Morgan fingerprint density at radius 1 is 0.370 bits per heavy atom. The van der Waals surface area contributed by atoms with E-state index in [0.717, 1.165) is 11.8 Å². The van der Waals surface area contributed by atoms with Crippen LogP contribution in [0.15, 0.2) is 0 Å². The molecule has 0 saturated heterocycles. The third kappa shape index (κ3) is 22.2. The first kappa shape index (κ1) is 27.0. The Morgan fingerprint density at radius 2 is 0.667 bits per heavy atom. The van der Waals surface area contributed by atoms with Gasteiger partial charge in [0.05, 0.1) is 0 Å². The van der Waals surface area contributed by atoms with Crippen molar-refractivity contribution < 1.29 is 0 Å². The van der Waals surface area contributed by atoms with Crippen LogP contribution in [0.1, 0.15) is 163 Å². The summed E-state index contributed by atoms with van der Waals surface area (Å²) in [6, 6.07) is 0. The molecule has 27 heavy (non-hydrogen) atoms. The zero-order valence-electron chi connectivity index (χ0n) is 20.0. The summed E-state index contributed by atoms with van der Waals surface area (Å²) in [5.74, 6) is 1.92. The van der Waals surface area contributed by atoms with Gasteiger partial charge in [-0.3, -0.25) is 0 Å². The highest BCUT2D eigenvalue weighted by Gasteiger charge is 2.02. The topological polar surface area (TPSA) is 0 Å². The summed E-state index contributed by atoms with van der Waals surface area (Å²) in [5.41, 5.74) is 0. The van der Waals surface area contributed by atoms with E-state index in [0.29, 0.717) is 0 Å². The van der Waals surface area contributed by atoms with Crippen LogP contribution in [0.5, 0.6) is 0 Å². The summed E-state index contributed by atoms with van der Waals surface area (Å²) in [6.45, 7) is 9.50. The van der Waals surface area contributed by atoms with Gasteiger partial charge < -0.3 is 0 Å². The van der Waals surface area contributed by atoms with Crippen LogP contribution in [0.2, 0.25) is 0 Å². The number of unbranched alkanes of at least 4 members (excludes halogenated alkanes) is 15. The zero-order chi connectivity index (χ0) is 20.0. The van der Waals surface area contributed by atoms with Crippen molar-refractivity contribution in [3.8, 4) is 0 Å². The maximum atomic E-state index is 2.48. The van der Waals surface area contributed by atoms with E-state index < -0.39 is 0 Å². The van der Waals surface area contributed by atoms with Crippen molar-refractivity contribution in [2.24, 2.45) is 11.8 Å². The van der Waals surface area contributed by atoms with Gasteiger partial charge in [0, 0.05) is 0 Å². The molecule has 0 amide bonds. The second-order valence-corrected chi connectivity index (χ2v) is 9.64. The molecule has 0 aliphatic heterocycles. The van der Waals surface area contributed by atoms with E-state index in [2.05, 4.69) is 27.7 Å². The predicted molar refractivity (Wildman–Crippen MR) is 127 cm³/mol. The minimum atomic E-state index is 0.948. The lowest BCUT2D eigenvalue weighted by atomic mass is 9.96. The van der Waals surface area contributed by atoms with Crippen molar-refractivity contribution in [3.63, 3.8) is 0 Å². The molecule has 0 aromatic heterocycles. The van der Waals surface area contributed by atoms with E-state index in [4.69, 9.17) is 0 Å². The molecule has 0 rings (SSSR count). The van der Waals surface area contributed by atoms with Crippen LogP contribution in [-0.4, -0.2) is 0 Å². The lowest BCUT2D eigenvalue weighted by Crippen LogP contribution is -1.95. The molecule has 2 atom stereocenters. The number of rotatable bonds is 22. The number of hydrogen-bond acceptors (Lipinski definition) is 0. The average Bonchev–Trinajstić information content (AvgIpc) is 2.67. The van der Waals surface area contributed by atoms with Gasteiger partial charge in [-0.05, 0) is 11.8 Å². The molecule has 0 aromatic rings. The van der Waals surface area contributed by atoms with Crippen molar-refractivity contribution in [2.45, 2.75) is 163 Å². The maximum Gasteiger partial charge on any atom is -0.0443 e. The molecule has 0 aromatic carbocycles. The predicted octanol–water partition coefficient (Wildman–Crippen LogP) is 10.5. The molecule has 0 saturated carbocycles. The van der Waals surface area contributed by atoms with Gasteiger partial charge in [0.1, 0.15) is 0 Å².